The van der Waals surface area contributed by atoms with Crippen LogP contribution in [0.2, 0.25) is 20.1 Å². The number of anilines is 1. The highest BCUT2D eigenvalue weighted by molar-refractivity contribution is 6.36. The monoisotopic (exact) mass is 440 g/mol. The Balaban J connectivity index is 1.96. The van der Waals surface area contributed by atoms with Crippen LogP contribution in [0.5, 0.6) is 11.6 Å². The third-order valence-electron chi connectivity index (χ3n) is 3.68. The first kappa shape index (κ1) is 19.8. The summed E-state index contributed by atoms with van der Waals surface area (Å²) in [5.41, 5.74) is 0.692. The van der Waals surface area contributed by atoms with Gasteiger partial charge in [0, 0.05) is 29.4 Å². The fraction of sp³-hybridized carbons (Fsp3) is 0.0526. The zero-order chi connectivity index (χ0) is 19.6. The van der Waals surface area contributed by atoms with Gasteiger partial charge in [0.05, 0.1) is 15.7 Å². The summed E-state index contributed by atoms with van der Waals surface area (Å²) >= 11 is 24.3. The third kappa shape index (κ3) is 4.47. The second-order valence-electron chi connectivity index (χ2n) is 5.49. The first-order valence-electron chi connectivity index (χ1n) is 7.68. The zero-order valence-electron chi connectivity index (χ0n) is 13.9. The van der Waals surface area contributed by atoms with E-state index in [9.17, 15) is 4.79 Å². The van der Waals surface area contributed by atoms with Gasteiger partial charge in [-0.1, -0.05) is 46.4 Å². The molecule has 0 aliphatic carbocycles. The number of amides is 1. The third-order valence-corrected chi connectivity index (χ3v) is 4.78. The van der Waals surface area contributed by atoms with Gasteiger partial charge in [0.2, 0.25) is 5.88 Å². The summed E-state index contributed by atoms with van der Waals surface area (Å²) in [6.07, 6.45) is 1.51. The van der Waals surface area contributed by atoms with Crippen LogP contribution in [0.25, 0.3) is 0 Å². The van der Waals surface area contributed by atoms with E-state index in [1.807, 2.05) is 0 Å². The van der Waals surface area contributed by atoms with Gasteiger partial charge in [0.15, 0.2) is 0 Å². The van der Waals surface area contributed by atoms with Crippen molar-refractivity contribution in [1.29, 1.82) is 0 Å². The van der Waals surface area contributed by atoms with Gasteiger partial charge in [-0.2, -0.15) is 0 Å². The van der Waals surface area contributed by atoms with Gasteiger partial charge in [0.1, 0.15) is 11.3 Å². The molecule has 0 aliphatic rings. The molecule has 8 heteroatoms. The normalized spacial score (nSPS) is 10.6. The zero-order valence-corrected chi connectivity index (χ0v) is 16.9. The van der Waals surface area contributed by atoms with Crippen LogP contribution in [0.1, 0.15) is 10.4 Å². The number of carbonyl (C=O) groups is 1. The number of nitrogens with zero attached hydrogens (tertiary/aromatic N) is 2. The largest absolute Gasteiger partial charge is 0.437 e. The first-order chi connectivity index (χ1) is 12.9. The van der Waals surface area contributed by atoms with E-state index < -0.39 is 0 Å². The quantitative estimate of drug-likeness (QED) is 0.448. The average Bonchev–Trinajstić information content (AvgIpc) is 2.66. The van der Waals surface area contributed by atoms with Gasteiger partial charge in [-0.25, -0.2) is 4.98 Å². The lowest BCUT2D eigenvalue weighted by atomic mass is 10.2. The molecule has 0 saturated heterocycles. The summed E-state index contributed by atoms with van der Waals surface area (Å²) in [4.78, 5) is 18.5. The molecule has 1 aromatic heterocycles. The molecular weight excluding hydrogens is 430 g/mol. The molecule has 1 heterocycles. The van der Waals surface area contributed by atoms with E-state index in [0.29, 0.717) is 31.5 Å². The van der Waals surface area contributed by atoms with Crippen LogP contribution in [0, 0.1) is 0 Å². The highest BCUT2D eigenvalue weighted by Crippen LogP contribution is 2.34. The molecule has 0 bridgehead atoms. The molecule has 0 N–H and O–H groups in total. The topological polar surface area (TPSA) is 42.4 Å². The van der Waals surface area contributed by atoms with E-state index in [-0.39, 0.29) is 17.4 Å². The summed E-state index contributed by atoms with van der Waals surface area (Å²) in [5, 5.41) is 1.64. The van der Waals surface area contributed by atoms with Crippen molar-refractivity contribution >= 4 is 58.0 Å². The van der Waals surface area contributed by atoms with Crippen LogP contribution in [0.15, 0.2) is 54.7 Å². The van der Waals surface area contributed by atoms with Crippen molar-refractivity contribution in [3.05, 3.63) is 80.4 Å². The van der Waals surface area contributed by atoms with E-state index in [2.05, 4.69) is 4.98 Å². The number of ether oxygens (including phenoxy) is 1. The number of halogens is 4. The second kappa shape index (κ2) is 8.36. The number of pyridine rings is 1. The van der Waals surface area contributed by atoms with Crippen LogP contribution in [-0.4, -0.2) is 17.9 Å². The molecule has 3 aromatic rings. The molecule has 27 heavy (non-hydrogen) atoms. The van der Waals surface area contributed by atoms with Gasteiger partial charge in [0.25, 0.3) is 5.91 Å². The van der Waals surface area contributed by atoms with E-state index in [1.54, 1.807) is 55.6 Å². The van der Waals surface area contributed by atoms with Crippen LogP contribution in [0.3, 0.4) is 0 Å². The first-order valence-corrected chi connectivity index (χ1v) is 9.19. The maximum atomic E-state index is 13.0. The maximum absolute atomic E-state index is 13.0. The molecule has 0 radical (unpaired) electrons. The molecule has 4 nitrogen and oxygen atoms in total. The Morgan fingerprint density at radius 1 is 0.963 bits per heavy atom. The van der Waals surface area contributed by atoms with Crippen molar-refractivity contribution in [3.8, 4) is 11.6 Å². The van der Waals surface area contributed by atoms with Gasteiger partial charge < -0.3 is 9.64 Å². The fourth-order valence-corrected chi connectivity index (χ4v) is 3.06. The van der Waals surface area contributed by atoms with E-state index >= 15 is 0 Å². The molecule has 2 aromatic carbocycles. The summed E-state index contributed by atoms with van der Waals surface area (Å²) in [5.74, 6) is 0.0115. The van der Waals surface area contributed by atoms with Crippen molar-refractivity contribution < 1.29 is 9.53 Å². The highest BCUT2D eigenvalue weighted by atomic mass is 35.5. The number of benzene rings is 2. The molecule has 0 aliphatic heterocycles. The van der Waals surface area contributed by atoms with Crippen LogP contribution >= 0.6 is 46.4 Å². The number of rotatable bonds is 4. The fourth-order valence-electron chi connectivity index (χ4n) is 2.33. The van der Waals surface area contributed by atoms with Crippen molar-refractivity contribution in [2.24, 2.45) is 0 Å². The Labute approximate surface area is 176 Å². The summed E-state index contributed by atoms with van der Waals surface area (Å²) in [6, 6.07) is 12.9. The molecular formula is C19H12Cl4N2O2. The number of hydrogen-bond donors (Lipinski definition) is 0. The highest BCUT2D eigenvalue weighted by Gasteiger charge is 2.21. The van der Waals surface area contributed by atoms with Crippen LogP contribution in [-0.2, 0) is 0 Å². The summed E-state index contributed by atoms with van der Waals surface area (Å²) < 4.78 is 5.75. The van der Waals surface area contributed by atoms with Gasteiger partial charge in [-0.3, -0.25) is 4.79 Å². The lowest BCUT2D eigenvalue weighted by Gasteiger charge is -2.20. The summed E-state index contributed by atoms with van der Waals surface area (Å²) in [7, 11) is 1.59. The standard InChI is InChI=1S/C19H12Cl4N2O2/c1-25(16-9-11(20)4-6-14(16)22)19(26)13-3-2-8-24-18(13)27-17-10-12(21)5-7-15(17)23/h2-10H,1H3. The van der Waals surface area contributed by atoms with E-state index in [1.165, 1.54) is 11.1 Å². The van der Waals surface area contributed by atoms with Gasteiger partial charge >= 0.3 is 0 Å². The second-order valence-corrected chi connectivity index (χ2v) is 7.18. The lowest BCUT2D eigenvalue weighted by molar-refractivity contribution is 0.0990. The Morgan fingerprint density at radius 3 is 2.37 bits per heavy atom. The van der Waals surface area contributed by atoms with Gasteiger partial charge in [-0.05, 0) is 42.5 Å². The van der Waals surface area contributed by atoms with Gasteiger partial charge in [-0.15, -0.1) is 0 Å². The predicted molar refractivity (Wildman–Crippen MR) is 110 cm³/mol. The smallest absolute Gasteiger partial charge is 0.263 e. The molecule has 0 atom stereocenters. The van der Waals surface area contributed by atoms with Crippen molar-refractivity contribution in [2.75, 3.05) is 11.9 Å². The molecule has 0 spiro atoms. The maximum Gasteiger partial charge on any atom is 0.263 e. The number of hydrogen-bond acceptors (Lipinski definition) is 3. The number of carbonyl (C=O) groups excluding carboxylic acids is 1. The van der Waals surface area contributed by atoms with Crippen molar-refractivity contribution in [2.45, 2.75) is 0 Å². The Kier molecular flexibility index (Phi) is 6.12. The summed E-state index contributed by atoms with van der Waals surface area (Å²) in [6.45, 7) is 0. The average molecular weight is 442 g/mol. The SMILES string of the molecule is CN(C(=O)c1cccnc1Oc1cc(Cl)ccc1Cl)c1cc(Cl)ccc1Cl. The molecule has 138 valence electrons. The molecule has 3 rings (SSSR count). The Bertz CT molecular complexity index is 1010. The van der Waals surface area contributed by atoms with E-state index in [0.717, 1.165) is 0 Å². The minimum atomic E-state index is -0.375. The predicted octanol–water partition coefficient (Wildman–Crippen LogP) is 6.76. The van der Waals surface area contributed by atoms with E-state index in [4.69, 9.17) is 51.1 Å². The molecule has 0 fully saturated rings. The molecule has 0 saturated carbocycles. The van der Waals surface area contributed by atoms with Crippen molar-refractivity contribution in [1.82, 2.24) is 4.98 Å². The Hall–Kier alpha value is -1.98. The molecule has 0 unspecified atom stereocenters. The van der Waals surface area contributed by atoms with Crippen LogP contribution < -0.4 is 9.64 Å². The number of aromatic nitrogens is 1. The molecule has 1 amide bonds. The Morgan fingerprint density at radius 2 is 1.63 bits per heavy atom. The van der Waals surface area contributed by atoms with Crippen LogP contribution in [0.4, 0.5) is 5.69 Å². The lowest BCUT2D eigenvalue weighted by Crippen LogP contribution is -2.27. The minimum absolute atomic E-state index is 0.0941. The minimum Gasteiger partial charge on any atom is -0.437 e. The van der Waals surface area contributed by atoms with Crippen molar-refractivity contribution in [3.63, 3.8) is 0 Å².